The molecule has 3 aliphatic rings. The minimum atomic E-state index is -2.01. The predicted octanol–water partition coefficient (Wildman–Crippen LogP) is -1.64. The van der Waals surface area contributed by atoms with Gasteiger partial charge in [-0.1, -0.05) is 31.4 Å². The summed E-state index contributed by atoms with van der Waals surface area (Å²) in [5.74, 6) is -3.12. The number of quaternary nitrogens is 1. The third kappa shape index (κ3) is 6.87. The number of likely N-dealkylation sites (N-methyl/N-ethyl adjacent to an activating group) is 1. The minimum absolute atomic E-state index is 0.121. The maximum atomic E-state index is 12.0. The first-order valence-electron chi connectivity index (χ1n) is 14.6. The topological polar surface area (TPSA) is 233 Å². The molecule has 3 fully saturated rings. The van der Waals surface area contributed by atoms with Crippen LogP contribution in [0.25, 0.3) is 0 Å². The highest BCUT2D eigenvalue weighted by molar-refractivity contribution is 5.73. The number of hydrogen-bond acceptors (Lipinski definition) is 12. The zero-order valence-corrected chi connectivity index (χ0v) is 24.9. The maximum Gasteiger partial charge on any atom is 0.335 e. The van der Waals surface area contributed by atoms with Gasteiger partial charge in [-0.05, 0) is 30.5 Å². The fourth-order valence-corrected chi connectivity index (χ4v) is 6.59. The van der Waals surface area contributed by atoms with Gasteiger partial charge in [-0.15, -0.1) is 0 Å². The molecule has 15 heteroatoms. The van der Waals surface area contributed by atoms with E-state index >= 15 is 0 Å². The molecule has 2 saturated heterocycles. The summed E-state index contributed by atoms with van der Waals surface area (Å²) in [6.07, 6.45) is -15.2. The van der Waals surface area contributed by atoms with Crippen molar-refractivity contribution < 1.29 is 73.9 Å². The van der Waals surface area contributed by atoms with E-state index in [9.17, 15) is 50.4 Å². The smallest absolute Gasteiger partial charge is 0.335 e. The van der Waals surface area contributed by atoms with Gasteiger partial charge in [0.15, 0.2) is 24.6 Å². The molecule has 4 rings (SSSR count). The highest BCUT2D eigenvalue weighted by atomic mass is 16.7. The van der Waals surface area contributed by atoms with Crippen LogP contribution in [0.5, 0.6) is 5.75 Å². The molecule has 1 aromatic rings. The molecule has 1 aliphatic carbocycles. The van der Waals surface area contributed by atoms with Crippen LogP contribution < -0.4 is 4.74 Å². The summed E-state index contributed by atoms with van der Waals surface area (Å²) in [6, 6.07) is 7.18. The molecule has 0 spiro atoms. The number of aliphatic carboxylic acids is 2. The monoisotopic (exact) mass is 630 g/mol. The number of nitrogens with zero attached hydrogens (tertiary/aromatic N) is 1. The third-order valence-electron chi connectivity index (χ3n) is 9.14. The molecular formula is C29H44NO14+. The lowest BCUT2D eigenvalue weighted by atomic mass is 9.72. The van der Waals surface area contributed by atoms with Gasteiger partial charge in [-0.3, -0.25) is 0 Å². The van der Waals surface area contributed by atoms with Crippen LogP contribution in [0.4, 0.5) is 0 Å². The molecule has 2 aliphatic heterocycles. The molecule has 2 heterocycles. The van der Waals surface area contributed by atoms with Crippen molar-refractivity contribution >= 4 is 11.9 Å². The van der Waals surface area contributed by atoms with Crippen LogP contribution in [0.3, 0.4) is 0 Å². The average Bonchev–Trinajstić information content (AvgIpc) is 2.98. The summed E-state index contributed by atoms with van der Waals surface area (Å²) in [5.41, 5.74) is -0.368. The number of hydrogen-bond donors (Lipinski definition) is 8. The van der Waals surface area contributed by atoms with Crippen LogP contribution >= 0.6 is 0 Å². The van der Waals surface area contributed by atoms with E-state index in [2.05, 4.69) is 0 Å². The summed E-state index contributed by atoms with van der Waals surface area (Å²) in [6.45, 7) is 0.121. The zero-order valence-electron chi connectivity index (χ0n) is 24.9. The first-order valence-corrected chi connectivity index (χ1v) is 14.6. The summed E-state index contributed by atoms with van der Waals surface area (Å²) < 4.78 is 22.0. The van der Waals surface area contributed by atoms with Crippen LogP contribution in [-0.2, 0) is 23.8 Å². The van der Waals surface area contributed by atoms with Gasteiger partial charge in [-0.2, -0.15) is 0 Å². The Balaban J connectivity index is 1.71. The Hall–Kier alpha value is -2.44. The van der Waals surface area contributed by atoms with Gasteiger partial charge in [0.1, 0.15) is 36.3 Å². The number of methoxy groups -OCH3 is 1. The quantitative estimate of drug-likeness (QED) is 0.136. The van der Waals surface area contributed by atoms with Crippen LogP contribution in [0, 0.1) is 0 Å². The van der Waals surface area contributed by atoms with Crippen molar-refractivity contribution in [2.45, 2.75) is 105 Å². The molecule has 11 atom stereocenters. The second-order valence-electron chi connectivity index (χ2n) is 12.6. The lowest BCUT2D eigenvalue weighted by Gasteiger charge is -2.51. The second kappa shape index (κ2) is 13.5. The van der Waals surface area contributed by atoms with E-state index in [1.807, 2.05) is 12.1 Å². The van der Waals surface area contributed by atoms with Gasteiger partial charge in [0.05, 0.1) is 39.3 Å². The van der Waals surface area contributed by atoms with Crippen molar-refractivity contribution in [3.63, 3.8) is 0 Å². The SMILES string of the molecule is COc1ccc(C(C[N+](C)(C)C2OC(C(=O)O)C(O)C(O)C2OC2OC(C(=O)O)C(O)C(O)C2O)C2(O)CCCCC2)cc1. The molecule has 0 aromatic heterocycles. The van der Waals surface area contributed by atoms with E-state index in [4.69, 9.17) is 18.9 Å². The number of benzene rings is 1. The Labute approximate surface area is 254 Å². The van der Waals surface area contributed by atoms with Crippen molar-refractivity contribution in [3.05, 3.63) is 29.8 Å². The van der Waals surface area contributed by atoms with Gasteiger partial charge in [-0.25, -0.2) is 9.59 Å². The molecule has 8 N–H and O–H groups in total. The second-order valence-corrected chi connectivity index (χ2v) is 12.6. The van der Waals surface area contributed by atoms with E-state index in [1.165, 1.54) is 7.11 Å². The molecule has 248 valence electrons. The predicted molar refractivity (Wildman–Crippen MR) is 148 cm³/mol. The van der Waals surface area contributed by atoms with E-state index in [-0.39, 0.29) is 11.0 Å². The number of rotatable bonds is 10. The molecule has 11 unspecified atom stereocenters. The molecule has 0 bridgehead atoms. The minimum Gasteiger partial charge on any atom is -0.497 e. The maximum absolute atomic E-state index is 12.0. The summed E-state index contributed by atoms with van der Waals surface area (Å²) in [7, 11) is 4.85. The van der Waals surface area contributed by atoms with E-state index in [1.54, 1.807) is 26.2 Å². The van der Waals surface area contributed by atoms with Gasteiger partial charge in [0, 0.05) is 0 Å². The van der Waals surface area contributed by atoms with Gasteiger partial charge < -0.3 is 64.3 Å². The lowest BCUT2D eigenvalue weighted by Crippen LogP contribution is -2.71. The highest BCUT2D eigenvalue weighted by Gasteiger charge is 2.58. The van der Waals surface area contributed by atoms with Crippen LogP contribution in [-0.4, -0.2) is 152 Å². The molecule has 0 radical (unpaired) electrons. The van der Waals surface area contributed by atoms with Crippen LogP contribution in [0.2, 0.25) is 0 Å². The Bertz CT molecular complexity index is 1140. The summed E-state index contributed by atoms with van der Waals surface area (Å²) in [4.78, 5) is 23.7. The Morgan fingerprint density at radius 1 is 0.864 bits per heavy atom. The van der Waals surface area contributed by atoms with Crippen molar-refractivity contribution in [3.8, 4) is 5.75 Å². The fraction of sp³-hybridized carbons (Fsp3) is 0.724. The van der Waals surface area contributed by atoms with Crippen molar-refractivity contribution in [1.82, 2.24) is 0 Å². The zero-order chi connectivity index (χ0) is 32.6. The van der Waals surface area contributed by atoms with Crippen LogP contribution in [0.1, 0.15) is 43.6 Å². The van der Waals surface area contributed by atoms with Gasteiger partial charge in [0.25, 0.3) is 0 Å². The number of aliphatic hydroxyl groups is 6. The molecule has 1 saturated carbocycles. The largest absolute Gasteiger partial charge is 0.497 e. The first-order chi connectivity index (χ1) is 20.6. The normalized spacial score (nSPS) is 36.8. The third-order valence-corrected chi connectivity index (χ3v) is 9.14. The number of carbonyl (C=O) groups is 2. The number of ether oxygens (including phenoxy) is 4. The highest BCUT2D eigenvalue weighted by Crippen LogP contribution is 2.43. The number of carboxylic acids is 2. The van der Waals surface area contributed by atoms with Crippen LogP contribution in [0.15, 0.2) is 24.3 Å². The Kier molecular flexibility index (Phi) is 10.6. The molecular weight excluding hydrogens is 586 g/mol. The average molecular weight is 631 g/mol. The van der Waals surface area contributed by atoms with E-state index in [0.717, 1.165) is 24.8 Å². The standard InChI is InChI=1S/C29H43NO14/c1-30(2,13-16(29(40)11-5-4-6-12-29)14-7-9-15(41-3)10-8-14)25-22(19(33)20(34)23(42-25)26(36)37)43-28-21(35)17(31)18(32)24(44-28)27(38)39/h7-10,16-25,28,31-35,40H,4-6,11-13H2,1-3H3,(H-,36,37,38,39)/p+1. The summed E-state index contributed by atoms with van der Waals surface area (Å²) in [5, 5.41) is 83.9. The summed E-state index contributed by atoms with van der Waals surface area (Å²) >= 11 is 0. The molecule has 15 nitrogen and oxygen atoms in total. The van der Waals surface area contributed by atoms with Gasteiger partial charge in [0.2, 0.25) is 6.23 Å². The van der Waals surface area contributed by atoms with E-state index in [0.29, 0.717) is 18.6 Å². The molecule has 0 amide bonds. The fourth-order valence-electron chi connectivity index (χ4n) is 6.59. The molecule has 1 aromatic carbocycles. The Morgan fingerprint density at radius 3 is 1.95 bits per heavy atom. The molecule has 44 heavy (non-hydrogen) atoms. The Morgan fingerprint density at radius 2 is 1.41 bits per heavy atom. The number of carboxylic acid groups (broad SMARTS) is 2. The number of aliphatic hydroxyl groups excluding tert-OH is 5. The first kappa shape index (κ1) is 34.4. The lowest BCUT2D eigenvalue weighted by molar-refractivity contribution is -0.946. The van der Waals surface area contributed by atoms with Crippen molar-refractivity contribution in [2.24, 2.45) is 0 Å². The van der Waals surface area contributed by atoms with Gasteiger partial charge >= 0.3 is 11.9 Å². The van der Waals surface area contributed by atoms with E-state index < -0.39 is 84.8 Å². The van der Waals surface area contributed by atoms with Crippen molar-refractivity contribution in [2.75, 3.05) is 27.7 Å². The van der Waals surface area contributed by atoms with Crippen molar-refractivity contribution in [1.29, 1.82) is 0 Å².